The Morgan fingerprint density at radius 1 is 0.615 bits per heavy atom. The second-order valence-electron chi connectivity index (χ2n) is 21.0. The minimum Gasteiger partial charge on any atom is -0.508 e. The van der Waals surface area contributed by atoms with E-state index in [0.717, 1.165) is 129 Å². The van der Waals surface area contributed by atoms with E-state index in [-0.39, 0.29) is 55.9 Å². The summed E-state index contributed by atoms with van der Waals surface area (Å²) in [4.78, 5) is 61.0. The van der Waals surface area contributed by atoms with Gasteiger partial charge >= 0.3 is 11.5 Å². The van der Waals surface area contributed by atoms with Gasteiger partial charge in [-0.1, -0.05) is 27.0 Å². The first-order valence-corrected chi connectivity index (χ1v) is 29.9. The van der Waals surface area contributed by atoms with E-state index in [0.29, 0.717) is 72.5 Å². The van der Waals surface area contributed by atoms with Crippen LogP contribution in [0, 0.1) is 10.1 Å². The molecule has 0 aromatic heterocycles. The van der Waals surface area contributed by atoms with Crippen LogP contribution in [0.25, 0.3) is 22.3 Å². The van der Waals surface area contributed by atoms with Crippen molar-refractivity contribution in [1.29, 1.82) is 0 Å². The Hall–Kier alpha value is -8.13. The molecule has 5 aromatic carbocycles. The molecule has 500 valence electrons. The number of morpholine rings is 2. The Morgan fingerprint density at radius 3 is 1.49 bits per heavy atom. The first kappa shape index (κ1) is 75.3. The lowest BCUT2D eigenvalue weighted by Gasteiger charge is -2.26. The molecule has 2 atom stereocenters. The van der Waals surface area contributed by atoms with Crippen LogP contribution in [0.15, 0.2) is 72.8 Å². The number of phenolic OH excluding ortho intramolecular Hbond substituents is 1. The van der Waals surface area contributed by atoms with Crippen LogP contribution in [0.2, 0.25) is 0 Å². The van der Waals surface area contributed by atoms with Crippen LogP contribution in [0.3, 0.4) is 0 Å². The number of aromatic hydroxyl groups is 1. The molecule has 4 aliphatic rings. The number of nitrogens with one attached hydrogen (secondary N) is 3. The highest BCUT2D eigenvalue weighted by atomic mass is 35.5. The van der Waals surface area contributed by atoms with Gasteiger partial charge in [-0.05, 0) is 153 Å². The van der Waals surface area contributed by atoms with Crippen molar-refractivity contribution in [1.82, 2.24) is 25.8 Å². The summed E-state index contributed by atoms with van der Waals surface area (Å²) in [6, 6.07) is 19.1. The number of halogens is 1. The highest BCUT2D eigenvalue weighted by molar-refractivity contribution is 6.61. The number of nitrogens with two attached hydrogens (primary N) is 1. The fourth-order valence-corrected chi connectivity index (χ4v) is 11.0. The van der Waals surface area contributed by atoms with Gasteiger partial charge in [0.25, 0.3) is 5.69 Å². The number of fused-ring (bicyclic) bond motifs is 6. The number of amides is 3. The topological polar surface area (TPSA) is 293 Å². The van der Waals surface area contributed by atoms with Gasteiger partial charge < -0.3 is 74.2 Å². The molecule has 91 heavy (non-hydrogen) atoms. The quantitative estimate of drug-likeness (QED) is 0.0209. The summed E-state index contributed by atoms with van der Waals surface area (Å²) < 4.78 is 54.4. The van der Waals surface area contributed by atoms with Crippen LogP contribution in [-0.2, 0) is 31.9 Å². The summed E-state index contributed by atoms with van der Waals surface area (Å²) in [7, 11) is 9.51. The van der Waals surface area contributed by atoms with Crippen molar-refractivity contribution in [2.24, 2.45) is 5.73 Å². The van der Waals surface area contributed by atoms with Crippen LogP contribution in [0.1, 0.15) is 102 Å². The Balaban J connectivity index is 0.000000290. The van der Waals surface area contributed by atoms with Crippen molar-refractivity contribution in [2.45, 2.75) is 92.2 Å². The van der Waals surface area contributed by atoms with Gasteiger partial charge in [-0.15, -0.1) is 0 Å². The zero-order valence-corrected chi connectivity index (χ0v) is 52.8. The number of hydrogen-bond donors (Lipinski definition) is 5. The highest BCUT2D eigenvalue weighted by Crippen LogP contribution is 2.52. The molecule has 0 saturated carbocycles. The molecule has 3 amide bonds. The van der Waals surface area contributed by atoms with Crippen LogP contribution in [0.5, 0.6) is 51.7 Å². The number of non-ortho nitro benzene ring substituents is 1. The monoisotopic (exact) mass is 1290 g/mol. The predicted octanol–water partition coefficient (Wildman–Crippen LogP) is 10.6. The minimum atomic E-state index is -0.978. The van der Waals surface area contributed by atoms with Crippen LogP contribution in [0.4, 0.5) is 15.3 Å². The average molecular weight is 1290 g/mol. The lowest BCUT2D eigenvalue weighted by atomic mass is 9.93. The van der Waals surface area contributed by atoms with Crippen molar-refractivity contribution in [3.63, 3.8) is 0 Å². The van der Waals surface area contributed by atoms with Crippen molar-refractivity contribution >= 4 is 40.6 Å². The Morgan fingerprint density at radius 2 is 1.07 bits per heavy atom. The van der Waals surface area contributed by atoms with Crippen LogP contribution >= 0.6 is 11.6 Å². The van der Waals surface area contributed by atoms with Gasteiger partial charge in [0.2, 0.25) is 23.3 Å². The standard InChI is InChI=1S/C29H39N3O7.C20H23NO5.C8H18N2O.C7H4ClNO4.2CH4/c1-19(33)31-24-10-7-20-17-25(35-2)27(36-3)28(37-4)26(20)22-9-8-21(18-23(22)24)39-29(34)30-11-5-6-12-32-13-15-38-16-14-32;1-11(22)21-16-8-5-12-9-17(24-2)19(25-3)20(26-4)18(12)14-7-6-13(23)10-15(14)16;9-3-1-2-4-10-5-7-11-8-6-10;8-7(10)13-6-3-1-5(2-4-6)9(11)12;;/h8-9,17-18,24H,5-7,10-16H2,1-4H3,(H,30,34)(H,31,33);6-7,9-10,16,23H,5,8H2,1-4H3,(H,21,22);1-9H2;1-4H;2*1H4/t24-;16-;;;;/m00..../s1. The van der Waals surface area contributed by atoms with Crippen molar-refractivity contribution in [3.8, 4) is 74.0 Å². The number of rotatable bonds is 20. The number of ether oxygens (including phenoxy) is 10. The number of phenols is 1. The number of unbranched alkanes of at least 4 members (excludes halogenated alkanes) is 2. The third-order valence-corrected chi connectivity index (χ3v) is 15.2. The Labute approximate surface area is 539 Å². The molecule has 9 rings (SSSR count). The summed E-state index contributed by atoms with van der Waals surface area (Å²) >= 11 is 4.92. The largest absolute Gasteiger partial charge is 0.508 e. The highest BCUT2D eigenvalue weighted by Gasteiger charge is 2.32. The van der Waals surface area contributed by atoms with Crippen molar-refractivity contribution in [2.75, 3.05) is 121 Å². The molecule has 2 aliphatic heterocycles. The molecule has 24 nitrogen and oxygen atoms in total. The molecule has 6 N–H and O–H groups in total. The molecule has 2 aliphatic carbocycles. The maximum atomic E-state index is 12.5. The number of methoxy groups -OCH3 is 6. The first-order valence-electron chi connectivity index (χ1n) is 29.5. The van der Waals surface area contributed by atoms with Gasteiger partial charge in [0.15, 0.2) is 23.0 Å². The second-order valence-corrected chi connectivity index (χ2v) is 21.3. The van der Waals surface area contributed by atoms with Gasteiger partial charge in [0, 0.05) is 81.4 Å². The maximum absolute atomic E-state index is 12.5. The molecule has 0 spiro atoms. The average Bonchev–Trinajstić information content (AvgIpc) is 1.75. The summed E-state index contributed by atoms with van der Waals surface area (Å²) in [5.41, 5.74) is 11.6. The number of benzene rings is 5. The molecule has 0 bridgehead atoms. The molecule has 25 heteroatoms. The van der Waals surface area contributed by atoms with E-state index in [1.807, 2.05) is 30.3 Å². The predicted molar refractivity (Wildman–Crippen MR) is 349 cm³/mol. The molecule has 2 fully saturated rings. The van der Waals surface area contributed by atoms with Gasteiger partial charge in [-0.3, -0.25) is 29.5 Å². The number of aryl methyl sites for hydroxylation is 2. The van der Waals surface area contributed by atoms with Crippen molar-refractivity contribution in [3.05, 3.63) is 105 Å². The van der Waals surface area contributed by atoms with Gasteiger partial charge in [0.1, 0.15) is 17.2 Å². The van der Waals surface area contributed by atoms with E-state index in [2.05, 4.69) is 30.5 Å². The number of nitro benzene ring substituents is 1. The Kier molecular flexibility index (Phi) is 31.9. The number of hydrogen-bond acceptors (Lipinski definition) is 20. The zero-order valence-electron chi connectivity index (χ0n) is 52.0. The molecule has 0 unspecified atom stereocenters. The van der Waals surface area contributed by atoms with E-state index >= 15 is 0 Å². The summed E-state index contributed by atoms with van der Waals surface area (Å²) in [6.45, 7) is 14.1. The smallest absolute Gasteiger partial charge is 0.412 e. The molecule has 5 aromatic rings. The zero-order chi connectivity index (χ0) is 64.4. The number of nitrogens with zero attached hydrogens (tertiary/aromatic N) is 3. The van der Waals surface area contributed by atoms with Crippen LogP contribution < -0.4 is 59.6 Å². The lowest BCUT2D eigenvalue weighted by molar-refractivity contribution is -0.384. The SMILES string of the molecule is C.C.COc1cc2c(c(OC)c1OC)-c1ccc(O)cc1[C@@H](NC(C)=O)CC2.COc1cc2c(c(OC)c1OC)-c1ccc(OC(=O)NCCCCN3CCOCC3)cc1[C@@H](NC(C)=O)CC2.NCCCCN1CCOCC1.O=C(Cl)Oc1ccc([N+](=O)[O-])cc1. The summed E-state index contributed by atoms with van der Waals surface area (Å²) in [6.07, 6.45) is 6.47. The van der Waals surface area contributed by atoms with E-state index in [1.54, 1.807) is 60.9 Å². The molecule has 2 saturated heterocycles. The van der Waals surface area contributed by atoms with E-state index in [4.69, 9.17) is 60.0 Å². The van der Waals surface area contributed by atoms with Gasteiger partial charge in [-0.2, -0.15) is 0 Å². The van der Waals surface area contributed by atoms with Crippen LogP contribution in [-0.4, -0.2) is 165 Å². The normalized spacial score (nSPS) is 15.4. The minimum absolute atomic E-state index is 0. The Bertz CT molecular complexity index is 3160. The molecular weight excluding hydrogens is 1200 g/mol. The third-order valence-electron chi connectivity index (χ3n) is 15.1. The summed E-state index contributed by atoms with van der Waals surface area (Å²) in [5, 5.41) is 29.1. The van der Waals surface area contributed by atoms with Crippen molar-refractivity contribution < 1.29 is 76.6 Å². The van der Waals surface area contributed by atoms with E-state index in [1.165, 1.54) is 51.1 Å². The molecule has 2 heterocycles. The number of nitro groups is 1. The van der Waals surface area contributed by atoms with E-state index < -0.39 is 16.4 Å². The van der Waals surface area contributed by atoms with Gasteiger partial charge in [0.05, 0.1) is 86.1 Å². The van der Waals surface area contributed by atoms with E-state index in [9.17, 15) is 34.4 Å². The number of carbonyl (C=O) groups excluding carboxylic acids is 4. The third kappa shape index (κ3) is 21.8. The molecule has 0 radical (unpaired) electrons. The maximum Gasteiger partial charge on any atom is 0.412 e. The van der Waals surface area contributed by atoms with Gasteiger partial charge in [-0.25, -0.2) is 9.59 Å². The fraction of sp³-hybridized carbons (Fsp3) is 0.485. The lowest BCUT2D eigenvalue weighted by Crippen LogP contribution is -2.37. The fourth-order valence-electron chi connectivity index (χ4n) is 10.9. The first-order chi connectivity index (χ1) is 43.0. The summed E-state index contributed by atoms with van der Waals surface area (Å²) in [5.74, 6) is 3.80. The number of carbonyl (C=O) groups is 4. The second kappa shape index (κ2) is 38.5. The molecular formula is C66H92ClN7O17.